The topological polar surface area (TPSA) is 15.3 Å². The Hall–Kier alpha value is -0.0800. The van der Waals surface area contributed by atoms with Crippen LogP contribution < -0.4 is 5.32 Å². The van der Waals surface area contributed by atoms with E-state index in [0.717, 1.165) is 12.6 Å². The fraction of sp³-hybridized carbons (Fsp3) is 1.00. The average Bonchev–Trinajstić information content (AvgIpc) is 2.12. The van der Waals surface area contributed by atoms with Gasteiger partial charge in [0.1, 0.15) is 0 Å². The molecule has 0 bridgehead atoms. The first-order chi connectivity index (χ1) is 6.55. The van der Waals surface area contributed by atoms with Crippen molar-refractivity contribution in [3.05, 3.63) is 0 Å². The third kappa shape index (κ3) is 3.58. The number of likely N-dealkylation sites (N-methyl/N-ethyl adjacent to an activating group) is 2. The molecule has 1 aliphatic rings. The van der Waals surface area contributed by atoms with Crippen molar-refractivity contribution in [2.24, 2.45) is 5.41 Å². The first kappa shape index (κ1) is 12.0. The molecule has 2 nitrogen and oxygen atoms in total. The Kier molecular flexibility index (Phi) is 4.39. The summed E-state index contributed by atoms with van der Waals surface area (Å²) < 4.78 is 0. The SMILES string of the molecule is CNCCN(C)C1CCCC(C)(C)C1. The molecule has 1 unspecified atom stereocenters. The Bertz CT molecular complexity index is 166. The summed E-state index contributed by atoms with van der Waals surface area (Å²) in [5.74, 6) is 0. The largest absolute Gasteiger partial charge is 0.318 e. The summed E-state index contributed by atoms with van der Waals surface area (Å²) in [4.78, 5) is 2.53. The molecule has 0 spiro atoms. The number of rotatable bonds is 4. The summed E-state index contributed by atoms with van der Waals surface area (Å²) in [6.45, 7) is 7.10. The monoisotopic (exact) mass is 198 g/mol. The predicted molar refractivity (Wildman–Crippen MR) is 62.6 cm³/mol. The van der Waals surface area contributed by atoms with Gasteiger partial charge < -0.3 is 10.2 Å². The molecule has 0 heterocycles. The van der Waals surface area contributed by atoms with Crippen molar-refractivity contribution in [2.75, 3.05) is 27.2 Å². The van der Waals surface area contributed by atoms with Crippen LogP contribution in [0.5, 0.6) is 0 Å². The number of hydrogen-bond donors (Lipinski definition) is 1. The maximum atomic E-state index is 3.22. The maximum absolute atomic E-state index is 3.22. The average molecular weight is 198 g/mol. The van der Waals surface area contributed by atoms with Crippen LogP contribution in [0.1, 0.15) is 39.5 Å². The van der Waals surface area contributed by atoms with Crippen LogP contribution in [-0.4, -0.2) is 38.1 Å². The van der Waals surface area contributed by atoms with Crippen molar-refractivity contribution in [1.29, 1.82) is 0 Å². The van der Waals surface area contributed by atoms with Gasteiger partial charge in [0.05, 0.1) is 0 Å². The van der Waals surface area contributed by atoms with E-state index in [-0.39, 0.29) is 0 Å². The quantitative estimate of drug-likeness (QED) is 0.744. The zero-order valence-corrected chi connectivity index (χ0v) is 10.3. The van der Waals surface area contributed by atoms with E-state index in [4.69, 9.17) is 0 Å². The van der Waals surface area contributed by atoms with Gasteiger partial charge in [0.15, 0.2) is 0 Å². The Morgan fingerprint density at radius 1 is 1.43 bits per heavy atom. The van der Waals surface area contributed by atoms with E-state index in [9.17, 15) is 0 Å². The number of nitrogens with one attached hydrogen (secondary N) is 1. The van der Waals surface area contributed by atoms with Gasteiger partial charge in [-0.25, -0.2) is 0 Å². The first-order valence-electron chi connectivity index (χ1n) is 5.90. The van der Waals surface area contributed by atoms with Gasteiger partial charge in [0, 0.05) is 19.1 Å². The molecule has 0 aromatic carbocycles. The third-order valence-electron chi connectivity index (χ3n) is 3.52. The fourth-order valence-electron chi connectivity index (χ4n) is 2.51. The van der Waals surface area contributed by atoms with E-state index >= 15 is 0 Å². The molecule has 0 aliphatic heterocycles. The van der Waals surface area contributed by atoms with Gasteiger partial charge in [0.25, 0.3) is 0 Å². The highest BCUT2D eigenvalue weighted by Crippen LogP contribution is 2.36. The van der Waals surface area contributed by atoms with Gasteiger partial charge in [-0.15, -0.1) is 0 Å². The van der Waals surface area contributed by atoms with Crippen molar-refractivity contribution in [3.8, 4) is 0 Å². The zero-order valence-electron chi connectivity index (χ0n) is 10.3. The summed E-state index contributed by atoms with van der Waals surface area (Å²) in [5.41, 5.74) is 0.566. The zero-order chi connectivity index (χ0) is 10.6. The van der Waals surface area contributed by atoms with Crippen molar-refractivity contribution < 1.29 is 0 Å². The van der Waals surface area contributed by atoms with Crippen molar-refractivity contribution >= 4 is 0 Å². The minimum absolute atomic E-state index is 0.566. The smallest absolute Gasteiger partial charge is 0.0107 e. The van der Waals surface area contributed by atoms with Crippen molar-refractivity contribution in [1.82, 2.24) is 10.2 Å². The Balaban J connectivity index is 2.35. The molecule has 1 N–H and O–H groups in total. The lowest BCUT2D eigenvalue weighted by Gasteiger charge is -2.39. The predicted octanol–water partition coefficient (Wildman–Crippen LogP) is 2.11. The molecular formula is C12H26N2. The molecule has 0 radical (unpaired) electrons. The van der Waals surface area contributed by atoms with Crippen LogP contribution in [0.25, 0.3) is 0 Å². The lowest BCUT2D eigenvalue weighted by atomic mass is 9.75. The lowest BCUT2D eigenvalue weighted by molar-refractivity contribution is 0.115. The lowest BCUT2D eigenvalue weighted by Crippen LogP contribution is -2.41. The Labute approximate surface area is 89.1 Å². The van der Waals surface area contributed by atoms with E-state index in [1.54, 1.807) is 0 Å². The molecule has 84 valence electrons. The number of hydrogen-bond acceptors (Lipinski definition) is 2. The minimum atomic E-state index is 0.566. The molecule has 0 aromatic heterocycles. The van der Waals surface area contributed by atoms with Crippen LogP contribution in [0.15, 0.2) is 0 Å². The van der Waals surface area contributed by atoms with Gasteiger partial charge in [0.2, 0.25) is 0 Å². The molecule has 1 atom stereocenters. The van der Waals surface area contributed by atoms with Crippen LogP contribution in [-0.2, 0) is 0 Å². The third-order valence-corrected chi connectivity index (χ3v) is 3.52. The number of nitrogens with zero attached hydrogens (tertiary/aromatic N) is 1. The molecule has 1 fully saturated rings. The summed E-state index contributed by atoms with van der Waals surface area (Å²) >= 11 is 0. The fourth-order valence-corrected chi connectivity index (χ4v) is 2.51. The second kappa shape index (κ2) is 5.13. The molecule has 0 saturated heterocycles. The molecule has 1 aliphatic carbocycles. The maximum Gasteiger partial charge on any atom is 0.0107 e. The van der Waals surface area contributed by atoms with Crippen LogP contribution in [0, 0.1) is 5.41 Å². The summed E-state index contributed by atoms with van der Waals surface area (Å²) in [7, 11) is 4.29. The first-order valence-corrected chi connectivity index (χ1v) is 5.90. The standard InChI is InChI=1S/C12H26N2/c1-12(2)7-5-6-11(10-12)14(4)9-8-13-3/h11,13H,5-10H2,1-4H3. The molecule has 0 aromatic rings. The molecule has 0 amide bonds. The minimum Gasteiger partial charge on any atom is -0.318 e. The van der Waals surface area contributed by atoms with Crippen LogP contribution in [0.3, 0.4) is 0 Å². The second-order valence-electron chi connectivity index (χ2n) is 5.50. The molecular weight excluding hydrogens is 172 g/mol. The van der Waals surface area contributed by atoms with Crippen molar-refractivity contribution in [3.63, 3.8) is 0 Å². The van der Waals surface area contributed by atoms with E-state index in [0.29, 0.717) is 5.41 Å². The summed E-state index contributed by atoms with van der Waals surface area (Å²) in [6.07, 6.45) is 5.57. The van der Waals surface area contributed by atoms with Crippen LogP contribution in [0.2, 0.25) is 0 Å². The highest BCUT2D eigenvalue weighted by Gasteiger charge is 2.29. The summed E-state index contributed by atoms with van der Waals surface area (Å²) in [6, 6.07) is 0.812. The van der Waals surface area contributed by atoms with Gasteiger partial charge in [-0.3, -0.25) is 0 Å². The molecule has 1 rings (SSSR count). The second-order valence-corrected chi connectivity index (χ2v) is 5.50. The highest BCUT2D eigenvalue weighted by molar-refractivity contribution is 4.84. The van der Waals surface area contributed by atoms with Crippen LogP contribution >= 0.6 is 0 Å². The molecule has 2 heteroatoms. The van der Waals surface area contributed by atoms with E-state index < -0.39 is 0 Å². The van der Waals surface area contributed by atoms with E-state index in [2.05, 4.69) is 31.1 Å². The Morgan fingerprint density at radius 2 is 2.14 bits per heavy atom. The highest BCUT2D eigenvalue weighted by atomic mass is 15.1. The van der Waals surface area contributed by atoms with Gasteiger partial charge >= 0.3 is 0 Å². The van der Waals surface area contributed by atoms with Crippen LogP contribution in [0.4, 0.5) is 0 Å². The molecule has 14 heavy (non-hydrogen) atoms. The van der Waals surface area contributed by atoms with Gasteiger partial charge in [-0.1, -0.05) is 20.3 Å². The van der Waals surface area contributed by atoms with E-state index in [1.165, 1.54) is 32.2 Å². The normalized spacial score (nSPS) is 26.8. The Morgan fingerprint density at radius 3 is 2.71 bits per heavy atom. The van der Waals surface area contributed by atoms with Gasteiger partial charge in [-0.2, -0.15) is 0 Å². The van der Waals surface area contributed by atoms with Crippen molar-refractivity contribution in [2.45, 2.75) is 45.6 Å². The molecule has 1 saturated carbocycles. The van der Waals surface area contributed by atoms with E-state index in [1.807, 2.05) is 7.05 Å². The summed E-state index contributed by atoms with van der Waals surface area (Å²) in [5, 5.41) is 3.22. The van der Waals surface area contributed by atoms with Gasteiger partial charge in [-0.05, 0) is 38.8 Å².